The van der Waals surface area contributed by atoms with Crippen LogP contribution in [-0.2, 0) is 11.3 Å². The zero-order valence-electron chi connectivity index (χ0n) is 21.9. The van der Waals surface area contributed by atoms with E-state index < -0.39 is 0 Å². The van der Waals surface area contributed by atoms with Crippen LogP contribution in [-0.4, -0.2) is 36.4 Å². The summed E-state index contributed by atoms with van der Waals surface area (Å²) in [6.45, 7) is 12.0. The Morgan fingerprint density at radius 2 is 1.67 bits per heavy atom. The molecule has 6 nitrogen and oxygen atoms in total. The van der Waals surface area contributed by atoms with E-state index in [0.717, 1.165) is 23.4 Å². The number of nitrogens with zero attached hydrogens (tertiary/aromatic N) is 1. The van der Waals surface area contributed by atoms with Crippen LogP contribution in [0.3, 0.4) is 0 Å². The number of benzene rings is 3. The second-order valence-corrected chi connectivity index (χ2v) is 9.09. The van der Waals surface area contributed by atoms with Crippen LogP contribution in [0, 0.1) is 6.92 Å². The van der Waals surface area contributed by atoms with E-state index in [0.29, 0.717) is 30.1 Å². The van der Waals surface area contributed by atoms with Crippen LogP contribution >= 0.6 is 0 Å². The molecular weight excluding hydrogens is 450 g/mol. The first kappa shape index (κ1) is 26.8. The van der Waals surface area contributed by atoms with E-state index in [1.54, 1.807) is 29.2 Å². The normalized spacial score (nSPS) is 10.7. The number of nitrogens with one attached hydrogen (secondary N) is 2. The van der Waals surface area contributed by atoms with E-state index in [1.807, 2.05) is 45.0 Å². The van der Waals surface area contributed by atoms with Crippen molar-refractivity contribution in [3.05, 3.63) is 89.0 Å². The minimum absolute atomic E-state index is 0.0506. The number of carbonyl (C=O) groups is 2. The van der Waals surface area contributed by atoms with Gasteiger partial charge in [0.25, 0.3) is 11.8 Å². The summed E-state index contributed by atoms with van der Waals surface area (Å²) in [4.78, 5) is 27.0. The molecule has 0 atom stereocenters. The van der Waals surface area contributed by atoms with Gasteiger partial charge in [0.2, 0.25) is 0 Å². The maximum absolute atomic E-state index is 12.7. The summed E-state index contributed by atoms with van der Waals surface area (Å²) in [6.07, 6.45) is 0. The lowest BCUT2D eigenvalue weighted by Gasteiger charge is -2.19. The van der Waals surface area contributed by atoms with Gasteiger partial charge in [-0.2, -0.15) is 0 Å². The predicted octanol–water partition coefficient (Wildman–Crippen LogP) is 6.23. The Bertz CT molecular complexity index is 1170. The number of carbonyl (C=O) groups excluding carboxylic acids is 2. The largest absolute Gasteiger partial charge is 0.483 e. The monoisotopic (exact) mass is 487 g/mol. The van der Waals surface area contributed by atoms with Gasteiger partial charge in [-0.25, -0.2) is 0 Å². The first-order valence-corrected chi connectivity index (χ1v) is 12.6. The average Bonchev–Trinajstić information content (AvgIpc) is 2.88. The lowest BCUT2D eigenvalue weighted by molar-refractivity contribution is -0.118. The predicted molar refractivity (Wildman–Crippen MR) is 147 cm³/mol. The van der Waals surface area contributed by atoms with Gasteiger partial charge >= 0.3 is 0 Å². The Labute approximate surface area is 214 Å². The molecule has 190 valence electrons. The van der Waals surface area contributed by atoms with Crippen molar-refractivity contribution in [2.75, 3.05) is 30.3 Å². The zero-order chi connectivity index (χ0) is 26.1. The third-order valence-electron chi connectivity index (χ3n) is 6.11. The van der Waals surface area contributed by atoms with Crippen molar-refractivity contribution in [1.29, 1.82) is 0 Å². The molecule has 0 heterocycles. The lowest BCUT2D eigenvalue weighted by Crippen LogP contribution is -2.30. The van der Waals surface area contributed by atoms with Crippen LogP contribution in [0.5, 0.6) is 5.75 Å². The summed E-state index contributed by atoms with van der Waals surface area (Å²) < 4.78 is 5.97. The van der Waals surface area contributed by atoms with Gasteiger partial charge in [-0.15, -0.1) is 0 Å². The van der Waals surface area contributed by atoms with E-state index in [4.69, 9.17) is 4.74 Å². The van der Waals surface area contributed by atoms with E-state index in [-0.39, 0.29) is 24.3 Å². The van der Waals surface area contributed by atoms with E-state index in [2.05, 4.69) is 42.7 Å². The van der Waals surface area contributed by atoms with Crippen molar-refractivity contribution in [3.63, 3.8) is 0 Å². The number of hydrogen-bond acceptors (Lipinski definition) is 4. The Hall–Kier alpha value is -3.80. The molecule has 2 N–H and O–H groups in total. The quantitative estimate of drug-likeness (QED) is 0.336. The molecule has 6 heteroatoms. The van der Waals surface area contributed by atoms with Crippen LogP contribution in [0.15, 0.2) is 66.7 Å². The number of rotatable bonds is 11. The molecule has 3 aromatic carbocycles. The molecule has 36 heavy (non-hydrogen) atoms. The van der Waals surface area contributed by atoms with Crippen molar-refractivity contribution < 1.29 is 14.3 Å². The smallest absolute Gasteiger partial charge is 0.262 e. The minimum atomic E-state index is -0.277. The van der Waals surface area contributed by atoms with Crippen molar-refractivity contribution >= 4 is 23.2 Å². The third-order valence-corrected chi connectivity index (χ3v) is 6.11. The van der Waals surface area contributed by atoms with Crippen molar-refractivity contribution in [3.8, 4) is 5.75 Å². The van der Waals surface area contributed by atoms with Gasteiger partial charge in [-0.05, 0) is 73.7 Å². The Kier molecular flexibility index (Phi) is 9.51. The van der Waals surface area contributed by atoms with Gasteiger partial charge in [-0.1, -0.05) is 50.2 Å². The SMILES string of the molecule is CCN(CC)C(=O)c1cccc(NC(=O)COc2cc(C)c(NCc3ccccc3)cc2C(C)C)c1. The average molecular weight is 488 g/mol. The topological polar surface area (TPSA) is 70.7 Å². The van der Waals surface area contributed by atoms with Gasteiger partial charge in [0.15, 0.2) is 6.61 Å². The summed E-state index contributed by atoms with van der Waals surface area (Å²) in [6, 6.07) is 21.4. The van der Waals surface area contributed by atoms with Crippen LogP contribution in [0.4, 0.5) is 11.4 Å². The van der Waals surface area contributed by atoms with Gasteiger partial charge in [-0.3, -0.25) is 9.59 Å². The highest BCUT2D eigenvalue weighted by molar-refractivity contribution is 5.97. The van der Waals surface area contributed by atoms with Crippen molar-refractivity contribution in [2.45, 2.75) is 47.1 Å². The fourth-order valence-electron chi connectivity index (χ4n) is 4.02. The molecule has 0 saturated heterocycles. The first-order valence-electron chi connectivity index (χ1n) is 12.6. The molecule has 0 radical (unpaired) electrons. The molecule has 0 bridgehead atoms. The Balaban J connectivity index is 1.66. The highest BCUT2D eigenvalue weighted by Gasteiger charge is 2.15. The van der Waals surface area contributed by atoms with E-state index in [9.17, 15) is 9.59 Å². The van der Waals surface area contributed by atoms with E-state index in [1.165, 1.54) is 5.56 Å². The molecule has 0 aliphatic carbocycles. The van der Waals surface area contributed by atoms with Gasteiger partial charge < -0.3 is 20.3 Å². The number of hydrogen-bond donors (Lipinski definition) is 2. The molecular formula is C30H37N3O3. The molecule has 0 fully saturated rings. The van der Waals surface area contributed by atoms with Crippen molar-refractivity contribution in [2.24, 2.45) is 0 Å². The van der Waals surface area contributed by atoms with Crippen LogP contribution < -0.4 is 15.4 Å². The summed E-state index contributed by atoms with van der Waals surface area (Å²) in [5, 5.41) is 6.36. The zero-order valence-corrected chi connectivity index (χ0v) is 21.9. The van der Waals surface area contributed by atoms with Gasteiger partial charge in [0, 0.05) is 36.6 Å². The third kappa shape index (κ3) is 7.11. The molecule has 0 aliphatic heterocycles. The molecule has 0 spiro atoms. The number of aryl methyl sites for hydroxylation is 1. The van der Waals surface area contributed by atoms with Gasteiger partial charge in [0.05, 0.1) is 0 Å². The lowest BCUT2D eigenvalue weighted by atomic mass is 9.99. The fourth-order valence-corrected chi connectivity index (χ4v) is 4.02. The molecule has 0 unspecified atom stereocenters. The summed E-state index contributed by atoms with van der Waals surface area (Å²) >= 11 is 0. The fraction of sp³-hybridized carbons (Fsp3) is 0.333. The van der Waals surface area contributed by atoms with Crippen LogP contribution in [0.1, 0.15) is 60.7 Å². The summed E-state index contributed by atoms with van der Waals surface area (Å²) in [5.74, 6) is 0.600. The first-order chi connectivity index (χ1) is 17.3. The molecule has 3 rings (SSSR count). The minimum Gasteiger partial charge on any atom is -0.483 e. The Morgan fingerprint density at radius 3 is 2.33 bits per heavy atom. The molecule has 3 aromatic rings. The summed E-state index contributed by atoms with van der Waals surface area (Å²) in [5.41, 5.74) is 5.47. The Morgan fingerprint density at radius 1 is 0.944 bits per heavy atom. The maximum atomic E-state index is 12.7. The maximum Gasteiger partial charge on any atom is 0.262 e. The summed E-state index contributed by atoms with van der Waals surface area (Å²) in [7, 11) is 0. The molecule has 0 aliphatic rings. The second kappa shape index (κ2) is 12.8. The van der Waals surface area contributed by atoms with Crippen LogP contribution in [0.25, 0.3) is 0 Å². The standard InChI is InChI=1S/C30H37N3O3/c1-6-33(7-2)30(35)24-14-11-15-25(17-24)32-29(34)20-36-28-16-22(5)27(18-26(28)21(3)4)31-19-23-12-9-8-10-13-23/h8-18,21,31H,6-7,19-20H2,1-5H3,(H,32,34). The number of ether oxygens (including phenoxy) is 1. The molecule has 0 aromatic heterocycles. The van der Waals surface area contributed by atoms with Crippen LogP contribution in [0.2, 0.25) is 0 Å². The van der Waals surface area contributed by atoms with E-state index >= 15 is 0 Å². The van der Waals surface area contributed by atoms with Crippen molar-refractivity contribution in [1.82, 2.24) is 4.90 Å². The second-order valence-electron chi connectivity index (χ2n) is 9.09. The highest BCUT2D eigenvalue weighted by atomic mass is 16.5. The number of amides is 2. The molecule has 0 saturated carbocycles. The highest BCUT2D eigenvalue weighted by Crippen LogP contribution is 2.32. The van der Waals surface area contributed by atoms with Gasteiger partial charge in [0.1, 0.15) is 5.75 Å². The molecule has 2 amide bonds. The number of anilines is 2.